The molecule has 1 heterocycles. The molecule has 1 atom stereocenters. The minimum absolute atomic E-state index is 0.0237. The SMILES string of the molecule is COc1ccc(NC(=O)[C@@H](C)C2CCN(C(=O)Nc3ccc(F)cc3)CC2)cc1. The number of anilines is 2. The number of carbonyl (C=O) groups excluding carboxylic acids is 2. The molecule has 7 heteroatoms. The van der Waals surface area contributed by atoms with Crippen LogP contribution in [-0.2, 0) is 4.79 Å². The first-order chi connectivity index (χ1) is 14.0. The van der Waals surface area contributed by atoms with Gasteiger partial charge in [-0.25, -0.2) is 9.18 Å². The van der Waals surface area contributed by atoms with E-state index in [-0.39, 0.29) is 29.6 Å². The minimum atomic E-state index is -0.342. The monoisotopic (exact) mass is 399 g/mol. The molecule has 3 amide bonds. The molecule has 0 saturated carbocycles. The van der Waals surface area contributed by atoms with E-state index in [9.17, 15) is 14.0 Å². The number of amides is 3. The van der Waals surface area contributed by atoms with Crippen LogP contribution in [0.4, 0.5) is 20.6 Å². The van der Waals surface area contributed by atoms with Gasteiger partial charge in [0.05, 0.1) is 7.11 Å². The molecule has 0 radical (unpaired) electrons. The van der Waals surface area contributed by atoms with Crippen molar-refractivity contribution in [1.82, 2.24) is 4.90 Å². The van der Waals surface area contributed by atoms with E-state index in [2.05, 4.69) is 10.6 Å². The van der Waals surface area contributed by atoms with Crippen molar-refractivity contribution in [3.63, 3.8) is 0 Å². The lowest BCUT2D eigenvalue weighted by Crippen LogP contribution is -2.43. The molecule has 2 N–H and O–H groups in total. The average molecular weight is 399 g/mol. The summed E-state index contributed by atoms with van der Waals surface area (Å²) in [5.41, 5.74) is 1.30. The van der Waals surface area contributed by atoms with Crippen LogP contribution in [-0.4, -0.2) is 37.0 Å². The molecular weight excluding hydrogens is 373 g/mol. The van der Waals surface area contributed by atoms with Crippen LogP contribution in [0.1, 0.15) is 19.8 Å². The standard InChI is InChI=1S/C22H26FN3O3/c1-15(21(27)24-18-7-9-20(29-2)10-8-18)16-11-13-26(14-12-16)22(28)25-19-5-3-17(23)4-6-19/h3-10,15-16H,11-14H2,1-2H3,(H,24,27)(H,25,28)/t15-/m0/s1. The smallest absolute Gasteiger partial charge is 0.321 e. The summed E-state index contributed by atoms with van der Waals surface area (Å²) in [5.74, 6) is 0.431. The molecule has 1 saturated heterocycles. The van der Waals surface area contributed by atoms with Crippen LogP contribution in [0.5, 0.6) is 5.75 Å². The van der Waals surface area contributed by atoms with Crippen LogP contribution in [0.2, 0.25) is 0 Å². The lowest BCUT2D eigenvalue weighted by atomic mass is 9.85. The Bertz CT molecular complexity index is 831. The zero-order valence-electron chi connectivity index (χ0n) is 16.7. The molecule has 0 aromatic heterocycles. The molecule has 3 rings (SSSR count). The van der Waals surface area contributed by atoms with Crippen molar-refractivity contribution in [1.29, 1.82) is 0 Å². The van der Waals surface area contributed by atoms with Crippen LogP contribution in [0, 0.1) is 17.7 Å². The number of nitrogens with zero attached hydrogens (tertiary/aromatic N) is 1. The van der Waals surface area contributed by atoms with Crippen LogP contribution in [0.3, 0.4) is 0 Å². The van der Waals surface area contributed by atoms with Gasteiger partial charge in [-0.15, -0.1) is 0 Å². The first-order valence-corrected chi connectivity index (χ1v) is 9.72. The van der Waals surface area contributed by atoms with Gasteiger partial charge in [0.15, 0.2) is 0 Å². The van der Waals surface area contributed by atoms with Crippen LogP contribution >= 0.6 is 0 Å². The summed E-state index contributed by atoms with van der Waals surface area (Å²) < 4.78 is 18.1. The summed E-state index contributed by atoms with van der Waals surface area (Å²) >= 11 is 0. The van der Waals surface area contributed by atoms with E-state index in [4.69, 9.17) is 4.74 Å². The molecule has 29 heavy (non-hydrogen) atoms. The highest BCUT2D eigenvalue weighted by molar-refractivity contribution is 5.92. The van der Waals surface area contributed by atoms with Gasteiger partial charge in [0.25, 0.3) is 0 Å². The second-order valence-electron chi connectivity index (χ2n) is 7.27. The van der Waals surface area contributed by atoms with Gasteiger partial charge in [-0.2, -0.15) is 0 Å². The Balaban J connectivity index is 1.47. The van der Waals surface area contributed by atoms with Gasteiger partial charge in [0, 0.05) is 30.4 Å². The number of rotatable bonds is 5. The number of piperidine rings is 1. The van der Waals surface area contributed by atoms with Crippen molar-refractivity contribution >= 4 is 23.3 Å². The van der Waals surface area contributed by atoms with Crippen molar-refractivity contribution in [2.45, 2.75) is 19.8 Å². The van der Waals surface area contributed by atoms with Gasteiger partial charge in [-0.1, -0.05) is 6.92 Å². The number of hydrogen-bond acceptors (Lipinski definition) is 3. The van der Waals surface area contributed by atoms with E-state index < -0.39 is 0 Å². The molecule has 2 aromatic carbocycles. The highest BCUT2D eigenvalue weighted by Crippen LogP contribution is 2.27. The molecule has 1 fully saturated rings. The molecule has 0 bridgehead atoms. The molecule has 154 valence electrons. The van der Waals surface area contributed by atoms with E-state index in [0.717, 1.165) is 24.3 Å². The van der Waals surface area contributed by atoms with Crippen molar-refractivity contribution < 1.29 is 18.7 Å². The van der Waals surface area contributed by atoms with E-state index in [1.54, 1.807) is 24.1 Å². The predicted molar refractivity (Wildman–Crippen MR) is 111 cm³/mol. The van der Waals surface area contributed by atoms with Crippen molar-refractivity contribution in [2.24, 2.45) is 11.8 Å². The number of urea groups is 1. The first kappa shape index (κ1) is 20.6. The predicted octanol–water partition coefficient (Wildman–Crippen LogP) is 4.35. The second-order valence-corrected chi connectivity index (χ2v) is 7.27. The molecule has 0 unspecified atom stereocenters. The third kappa shape index (κ3) is 5.47. The fraction of sp³-hybridized carbons (Fsp3) is 0.364. The number of hydrogen-bond donors (Lipinski definition) is 2. The Labute approximate surface area is 170 Å². The third-order valence-corrected chi connectivity index (χ3v) is 5.40. The maximum absolute atomic E-state index is 13.0. The van der Waals surface area contributed by atoms with Gasteiger partial charge in [0.2, 0.25) is 5.91 Å². The normalized spacial score (nSPS) is 15.5. The summed E-state index contributed by atoms with van der Waals surface area (Å²) in [5, 5.41) is 5.72. The number of methoxy groups -OCH3 is 1. The maximum atomic E-state index is 13.0. The molecule has 2 aromatic rings. The van der Waals surface area contributed by atoms with Crippen molar-refractivity contribution in [2.75, 3.05) is 30.8 Å². The average Bonchev–Trinajstić information content (AvgIpc) is 2.75. The van der Waals surface area contributed by atoms with Gasteiger partial charge >= 0.3 is 6.03 Å². The van der Waals surface area contributed by atoms with E-state index in [0.29, 0.717) is 18.8 Å². The zero-order chi connectivity index (χ0) is 20.8. The molecular formula is C22H26FN3O3. The van der Waals surface area contributed by atoms with Gasteiger partial charge in [0.1, 0.15) is 11.6 Å². The lowest BCUT2D eigenvalue weighted by Gasteiger charge is -2.34. The Hall–Kier alpha value is -3.09. The van der Waals surface area contributed by atoms with Crippen LogP contribution < -0.4 is 15.4 Å². The largest absolute Gasteiger partial charge is 0.497 e. The Morgan fingerprint density at radius 2 is 1.55 bits per heavy atom. The second kappa shape index (κ2) is 9.41. The summed E-state index contributed by atoms with van der Waals surface area (Å²) in [6.45, 7) is 3.09. The van der Waals surface area contributed by atoms with E-state index >= 15 is 0 Å². The first-order valence-electron chi connectivity index (χ1n) is 9.72. The fourth-order valence-electron chi connectivity index (χ4n) is 3.48. The van der Waals surface area contributed by atoms with Crippen LogP contribution in [0.15, 0.2) is 48.5 Å². The third-order valence-electron chi connectivity index (χ3n) is 5.40. The molecule has 1 aliphatic rings. The maximum Gasteiger partial charge on any atom is 0.321 e. The molecule has 0 spiro atoms. The Morgan fingerprint density at radius 1 is 1.00 bits per heavy atom. The van der Waals surface area contributed by atoms with Crippen molar-refractivity contribution in [3.8, 4) is 5.75 Å². The number of likely N-dealkylation sites (tertiary alicyclic amines) is 1. The minimum Gasteiger partial charge on any atom is -0.497 e. The van der Waals surface area contributed by atoms with E-state index in [1.165, 1.54) is 24.3 Å². The molecule has 1 aliphatic heterocycles. The summed E-state index contributed by atoms with van der Waals surface area (Å²) in [4.78, 5) is 26.7. The fourth-order valence-corrected chi connectivity index (χ4v) is 3.48. The molecule has 0 aliphatic carbocycles. The van der Waals surface area contributed by atoms with Crippen molar-refractivity contribution in [3.05, 3.63) is 54.3 Å². The topological polar surface area (TPSA) is 70.7 Å². The number of carbonyl (C=O) groups is 2. The van der Waals surface area contributed by atoms with Gasteiger partial charge in [-0.05, 0) is 67.3 Å². The van der Waals surface area contributed by atoms with Gasteiger partial charge < -0.3 is 20.3 Å². The van der Waals surface area contributed by atoms with E-state index in [1.807, 2.05) is 19.1 Å². The summed E-state index contributed by atoms with van der Waals surface area (Å²) in [6.07, 6.45) is 1.52. The highest BCUT2D eigenvalue weighted by Gasteiger charge is 2.30. The highest BCUT2D eigenvalue weighted by atomic mass is 19.1. The summed E-state index contributed by atoms with van der Waals surface area (Å²) in [6, 6.07) is 12.7. The number of halogens is 1. The Kier molecular flexibility index (Phi) is 6.69. The van der Waals surface area contributed by atoms with Crippen LogP contribution in [0.25, 0.3) is 0 Å². The number of ether oxygens (including phenoxy) is 1. The number of benzene rings is 2. The Morgan fingerprint density at radius 3 is 2.14 bits per heavy atom. The zero-order valence-corrected chi connectivity index (χ0v) is 16.7. The summed E-state index contributed by atoms with van der Waals surface area (Å²) in [7, 11) is 1.60. The quantitative estimate of drug-likeness (QED) is 0.785. The molecule has 6 nitrogen and oxygen atoms in total. The lowest BCUT2D eigenvalue weighted by molar-refractivity contribution is -0.121. The van der Waals surface area contributed by atoms with Gasteiger partial charge in [-0.3, -0.25) is 4.79 Å². The number of nitrogens with one attached hydrogen (secondary N) is 2.